The summed E-state index contributed by atoms with van der Waals surface area (Å²) in [5.74, 6) is 0.404. The number of ether oxygens (including phenoxy) is 1. The van der Waals surface area contributed by atoms with Crippen LogP contribution in [0.3, 0.4) is 0 Å². The molecule has 162 valence electrons. The molecule has 2 aromatic rings. The van der Waals surface area contributed by atoms with E-state index in [9.17, 15) is 13.2 Å². The molecule has 0 fully saturated rings. The maximum atomic E-state index is 12.9. The van der Waals surface area contributed by atoms with Crippen molar-refractivity contribution in [2.45, 2.75) is 52.2 Å². The molecule has 30 heavy (non-hydrogen) atoms. The summed E-state index contributed by atoms with van der Waals surface area (Å²) in [7, 11) is -3.61. The number of anilines is 1. The Morgan fingerprint density at radius 1 is 1.20 bits per heavy atom. The summed E-state index contributed by atoms with van der Waals surface area (Å²) in [6.07, 6.45) is 2.57. The van der Waals surface area contributed by atoms with Gasteiger partial charge in [0.1, 0.15) is 17.9 Å². The molecule has 0 saturated heterocycles. The minimum Gasteiger partial charge on any atom is -0.487 e. The molecule has 2 aromatic carbocycles. The molecule has 1 amide bonds. The maximum Gasteiger partial charge on any atom is 0.241 e. The summed E-state index contributed by atoms with van der Waals surface area (Å²) in [4.78, 5) is 12.9. The van der Waals surface area contributed by atoms with Crippen LogP contribution >= 0.6 is 0 Å². The minimum atomic E-state index is -3.61. The fourth-order valence-corrected chi connectivity index (χ4v) is 4.61. The first-order chi connectivity index (χ1) is 14.0. The van der Waals surface area contributed by atoms with E-state index in [1.165, 1.54) is 0 Å². The molecule has 0 unspecified atom stereocenters. The molecule has 1 atom stereocenters. The number of fused-ring (bicyclic) bond motifs is 1. The Morgan fingerprint density at radius 2 is 1.87 bits per heavy atom. The average molecular weight is 431 g/mol. The van der Waals surface area contributed by atoms with Gasteiger partial charge in [-0.15, -0.1) is 0 Å². The second-order valence-electron chi connectivity index (χ2n) is 8.52. The van der Waals surface area contributed by atoms with Crippen molar-refractivity contribution in [1.82, 2.24) is 5.32 Å². The van der Waals surface area contributed by atoms with E-state index in [0.29, 0.717) is 12.1 Å². The zero-order valence-electron chi connectivity index (χ0n) is 18.2. The van der Waals surface area contributed by atoms with Crippen molar-refractivity contribution in [3.8, 4) is 5.75 Å². The lowest BCUT2D eigenvalue weighted by Gasteiger charge is -2.38. The van der Waals surface area contributed by atoms with Crippen LogP contribution in [0.5, 0.6) is 5.75 Å². The molecule has 1 N–H and O–H groups in total. The van der Waals surface area contributed by atoms with E-state index in [4.69, 9.17) is 4.74 Å². The first-order valence-corrected chi connectivity index (χ1v) is 12.0. The largest absolute Gasteiger partial charge is 0.487 e. The van der Waals surface area contributed by atoms with Crippen LogP contribution in [0.25, 0.3) is 0 Å². The highest BCUT2D eigenvalue weighted by atomic mass is 32.2. The SMILES string of the molecule is CCc1ccc(N(CC(=O)N[C@H]2CC(C)(C)Oc3cc(C)ccc32)S(C)(=O)=O)cc1. The summed E-state index contributed by atoms with van der Waals surface area (Å²) in [6.45, 7) is 7.71. The molecule has 6 nitrogen and oxygen atoms in total. The number of carbonyl (C=O) groups excluding carboxylic acids is 1. The number of aryl methyl sites for hydroxylation is 2. The van der Waals surface area contributed by atoms with Gasteiger partial charge in [-0.2, -0.15) is 0 Å². The molecule has 0 saturated carbocycles. The second-order valence-corrected chi connectivity index (χ2v) is 10.4. The third kappa shape index (κ3) is 5.14. The van der Waals surface area contributed by atoms with E-state index in [1.807, 2.05) is 58.0 Å². The number of nitrogens with one attached hydrogen (secondary N) is 1. The number of nitrogens with zero attached hydrogens (tertiary/aromatic N) is 1. The fraction of sp³-hybridized carbons (Fsp3) is 0.435. The lowest BCUT2D eigenvalue weighted by molar-refractivity contribution is -0.120. The van der Waals surface area contributed by atoms with Crippen LogP contribution in [0.4, 0.5) is 5.69 Å². The lowest BCUT2D eigenvalue weighted by Crippen LogP contribution is -2.45. The van der Waals surface area contributed by atoms with Crippen LogP contribution in [0.15, 0.2) is 42.5 Å². The van der Waals surface area contributed by atoms with Crippen LogP contribution in [0.2, 0.25) is 0 Å². The number of rotatable bonds is 6. The van der Waals surface area contributed by atoms with Crippen LogP contribution in [0, 0.1) is 6.92 Å². The van der Waals surface area contributed by atoms with Crippen molar-refractivity contribution < 1.29 is 17.9 Å². The quantitative estimate of drug-likeness (QED) is 0.757. The average Bonchev–Trinajstić information content (AvgIpc) is 2.64. The van der Waals surface area contributed by atoms with E-state index in [1.54, 1.807) is 12.1 Å². The van der Waals surface area contributed by atoms with Crippen molar-refractivity contribution in [2.24, 2.45) is 0 Å². The number of carbonyl (C=O) groups is 1. The minimum absolute atomic E-state index is 0.249. The molecule has 1 aliphatic rings. The summed E-state index contributed by atoms with van der Waals surface area (Å²) in [5, 5.41) is 3.02. The third-order valence-electron chi connectivity index (χ3n) is 5.28. The van der Waals surface area contributed by atoms with Crippen molar-refractivity contribution in [2.75, 3.05) is 17.1 Å². The van der Waals surface area contributed by atoms with Gasteiger partial charge in [-0.05, 0) is 56.5 Å². The Kier molecular flexibility index (Phi) is 6.13. The summed E-state index contributed by atoms with van der Waals surface area (Å²) in [5.41, 5.74) is 3.13. The van der Waals surface area contributed by atoms with Crippen molar-refractivity contribution in [3.63, 3.8) is 0 Å². The number of hydrogen-bond donors (Lipinski definition) is 1. The molecule has 0 aliphatic carbocycles. The molecular formula is C23H30N2O4S. The van der Waals surface area contributed by atoms with Gasteiger partial charge in [0.15, 0.2) is 0 Å². The van der Waals surface area contributed by atoms with E-state index < -0.39 is 15.6 Å². The summed E-state index contributed by atoms with van der Waals surface area (Å²) >= 11 is 0. The highest BCUT2D eigenvalue weighted by Gasteiger charge is 2.35. The van der Waals surface area contributed by atoms with Gasteiger partial charge in [0.05, 0.1) is 18.0 Å². The standard InChI is InChI=1S/C23H30N2O4S/c1-6-17-8-10-18(11-9-17)25(30(5,27)28)15-22(26)24-20-14-23(3,4)29-21-13-16(2)7-12-19(20)21/h7-13,20H,6,14-15H2,1-5H3,(H,24,26)/t20-/m0/s1. The van der Waals surface area contributed by atoms with E-state index in [-0.39, 0.29) is 18.5 Å². The highest BCUT2D eigenvalue weighted by Crippen LogP contribution is 2.39. The van der Waals surface area contributed by atoms with Crippen LogP contribution in [-0.4, -0.2) is 32.7 Å². The van der Waals surface area contributed by atoms with Crippen molar-refractivity contribution in [3.05, 3.63) is 59.2 Å². The van der Waals surface area contributed by atoms with Gasteiger partial charge in [0.25, 0.3) is 0 Å². The zero-order chi connectivity index (χ0) is 22.1. The molecule has 0 bridgehead atoms. The molecule has 7 heteroatoms. The number of benzene rings is 2. The summed E-state index contributed by atoms with van der Waals surface area (Å²) < 4.78 is 32.0. The summed E-state index contributed by atoms with van der Waals surface area (Å²) in [6, 6.07) is 12.9. The van der Waals surface area contributed by atoms with E-state index >= 15 is 0 Å². The molecule has 1 aliphatic heterocycles. The Balaban J connectivity index is 1.82. The maximum absolute atomic E-state index is 12.9. The molecule has 3 rings (SSSR count). The zero-order valence-corrected chi connectivity index (χ0v) is 19.0. The Labute approximate surface area is 179 Å². The molecular weight excluding hydrogens is 400 g/mol. The molecule has 0 aromatic heterocycles. The number of amides is 1. The molecule has 1 heterocycles. The Morgan fingerprint density at radius 3 is 2.47 bits per heavy atom. The lowest BCUT2D eigenvalue weighted by atomic mass is 9.89. The predicted molar refractivity (Wildman–Crippen MR) is 119 cm³/mol. The topological polar surface area (TPSA) is 75.7 Å². The first-order valence-electron chi connectivity index (χ1n) is 10.1. The predicted octanol–water partition coefficient (Wildman–Crippen LogP) is 3.74. The van der Waals surface area contributed by atoms with E-state index in [2.05, 4.69) is 5.32 Å². The van der Waals surface area contributed by atoms with Crippen molar-refractivity contribution in [1.29, 1.82) is 0 Å². The van der Waals surface area contributed by atoms with Gasteiger partial charge < -0.3 is 10.1 Å². The van der Waals surface area contributed by atoms with Crippen LogP contribution < -0.4 is 14.4 Å². The third-order valence-corrected chi connectivity index (χ3v) is 6.42. The van der Waals surface area contributed by atoms with Gasteiger partial charge in [-0.25, -0.2) is 8.42 Å². The van der Waals surface area contributed by atoms with Gasteiger partial charge in [0.2, 0.25) is 15.9 Å². The number of hydrogen-bond acceptors (Lipinski definition) is 4. The molecule has 0 spiro atoms. The van der Waals surface area contributed by atoms with Gasteiger partial charge >= 0.3 is 0 Å². The fourth-order valence-electron chi connectivity index (χ4n) is 3.76. The Hall–Kier alpha value is -2.54. The Bertz CT molecular complexity index is 1030. The van der Waals surface area contributed by atoms with Gasteiger partial charge in [0, 0.05) is 12.0 Å². The molecule has 0 radical (unpaired) electrons. The first kappa shape index (κ1) is 22.2. The van der Waals surface area contributed by atoms with Gasteiger partial charge in [-0.1, -0.05) is 31.2 Å². The smallest absolute Gasteiger partial charge is 0.241 e. The van der Waals surface area contributed by atoms with Crippen molar-refractivity contribution >= 4 is 21.6 Å². The van der Waals surface area contributed by atoms with Crippen LogP contribution in [-0.2, 0) is 21.2 Å². The monoisotopic (exact) mass is 430 g/mol. The second kappa shape index (κ2) is 8.30. The van der Waals surface area contributed by atoms with E-state index in [0.717, 1.165) is 39.4 Å². The number of sulfonamides is 1. The van der Waals surface area contributed by atoms with Crippen LogP contribution in [0.1, 0.15) is 49.9 Å². The van der Waals surface area contributed by atoms with Gasteiger partial charge in [-0.3, -0.25) is 9.10 Å². The highest BCUT2D eigenvalue weighted by molar-refractivity contribution is 7.92. The normalized spacial score (nSPS) is 17.6.